The molecule has 0 fully saturated rings. The van der Waals surface area contributed by atoms with Crippen LogP contribution in [0.15, 0.2) is 34.2 Å². The van der Waals surface area contributed by atoms with Gasteiger partial charge in [0.05, 0.1) is 0 Å². The Hall–Kier alpha value is -2.03. The molecule has 0 aliphatic heterocycles. The van der Waals surface area contributed by atoms with Crippen molar-refractivity contribution in [2.24, 2.45) is 0 Å². The molecule has 0 saturated heterocycles. The van der Waals surface area contributed by atoms with Crippen molar-refractivity contribution in [1.82, 2.24) is 15.2 Å². The van der Waals surface area contributed by atoms with Gasteiger partial charge in [-0.2, -0.15) is 0 Å². The van der Waals surface area contributed by atoms with Gasteiger partial charge in [-0.3, -0.25) is 9.78 Å². The second-order valence-corrected chi connectivity index (χ2v) is 4.38. The van der Waals surface area contributed by atoms with Crippen LogP contribution >= 0.6 is 11.8 Å². The number of nitrogens with one attached hydrogen (secondary N) is 1. The predicted molar refractivity (Wildman–Crippen MR) is 66.6 cm³/mol. The number of hydrogen-bond donors (Lipinski definition) is 1. The van der Waals surface area contributed by atoms with Gasteiger partial charge >= 0.3 is 6.36 Å². The van der Waals surface area contributed by atoms with Crippen molar-refractivity contribution in [1.29, 1.82) is 0 Å². The molecule has 5 nitrogen and oxygen atoms in total. The van der Waals surface area contributed by atoms with Crippen LogP contribution in [0.3, 0.4) is 0 Å². The second-order valence-electron chi connectivity index (χ2n) is 3.58. The Morgan fingerprint density at radius 1 is 1.20 bits per heavy atom. The molecule has 9 heteroatoms. The van der Waals surface area contributed by atoms with Gasteiger partial charge in [0, 0.05) is 5.56 Å². The summed E-state index contributed by atoms with van der Waals surface area (Å²) in [5.74, 6) is -0.369. The normalized spacial score (nSPS) is 11.4. The summed E-state index contributed by atoms with van der Waals surface area (Å²) in [7, 11) is 0. The minimum absolute atomic E-state index is 0.0290. The van der Waals surface area contributed by atoms with Gasteiger partial charge in [-0.1, -0.05) is 11.8 Å². The minimum atomic E-state index is -4.75. The first-order chi connectivity index (χ1) is 9.39. The topological polar surface area (TPSA) is 67.9 Å². The molecule has 1 aromatic carbocycles. The van der Waals surface area contributed by atoms with E-state index in [9.17, 15) is 18.0 Å². The quantitative estimate of drug-likeness (QED) is 0.882. The maximum Gasteiger partial charge on any atom is 0.573 e. The Labute approximate surface area is 115 Å². The van der Waals surface area contributed by atoms with Gasteiger partial charge < -0.3 is 4.74 Å². The van der Waals surface area contributed by atoms with Crippen LogP contribution in [0.25, 0.3) is 11.3 Å². The standard InChI is InChI=1S/C11H8F3N3O2S/c1-20-10-15-9(18)8(16-17-10)6-2-4-7(5-3-6)19-11(12,13)14/h2-5H,1H3,(H,15,17,18). The summed E-state index contributed by atoms with van der Waals surface area (Å²) in [6.07, 6.45) is -3.03. The smallest absolute Gasteiger partial charge is 0.406 e. The van der Waals surface area contributed by atoms with Crippen molar-refractivity contribution in [3.05, 3.63) is 34.6 Å². The van der Waals surface area contributed by atoms with Crippen molar-refractivity contribution in [3.8, 4) is 17.0 Å². The number of halogens is 3. The average molecular weight is 303 g/mol. The minimum Gasteiger partial charge on any atom is -0.406 e. The van der Waals surface area contributed by atoms with E-state index in [0.717, 1.165) is 12.1 Å². The molecular formula is C11H8F3N3O2S. The first-order valence-electron chi connectivity index (χ1n) is 5.26. The molecule has 0 amide bonds. The Morgan fingerprint density at radius 2 is 1.85 bits per heavy atom. The Morgan fingerprint density at radius 3 is 2.35 bits per heavy atom. The third kappa shape index (κ3) is 3.50. The van der Waals surface area contributed by atoms with Gasteiger partial charge in [-0.05, 0) is 30.5 Å². The molecule has 0 unspecified atom stereocenters. The molecule has 0 spiro atoms. The SMILES string of the molecule is CSc1nnc(-c2ccc(OC(F)(F)F)cc2)c(=O)[nH]1. The molecule has 0 aliphatic carbocycles. The third-order valence-electron chi connectivity index (χ3n) is 2.23. The molecule has 20 heavy (non-hydrogen) atoms. The highest BCUT2D eigenvalue weighted by molar-refractivity contribution is 7.98. The monoisotopic (exact) mass is 303 g/mol. The average Bonchev–Trinajstić information content (AvgIpc) is 2.38. The van der Waals surface area contributed by atoms with Crippen LogP contribution in [0.4, 0.5) is 13.2 Å². The van der Waals surface area contributed by atoms with Gasteiger partial charge in [0.1, 0.15) is 5.75 Å². The fourth-order valence-electron chi connectivity index (χ4n) is 1.42. The molecular weight excluding hydrogens is 295 g/mol. The van der Waals surface area contributed by atoms with Crippen molar-refractivity contribution in [2.75, 3.05) is 6.26 Å². The summed E-state index contributed by atoms with van der Waals surface area (Å²) in [5.41, 5.74) is -0.0869. The summed E-state index contributed by atoms with van der Waals surface area (Å²) in [4.78, 5) is 14.2. The molecule has 0 bridgehead atoms. The van der Waals surface area contributed by atoms with Crippen LogP contribution in [-0.4, -0.2) is 27.8 Å². The number of benzene rings is 1. The molecule has 1 heterocycles. The van der Waals surface area contributed by atoms with E-state index in [2.05, 4.69) is 19.9 Å². The number of ether oxygens (including phenoxy) is 1. The Bertz CT molecular complexity index is 655. The van der Waals surface area contributed by atoms with Gasteiger partial charge in [-0.25, -0.2) is 0 Å². The van der Waals surface area contributed by atoms with Crippen molar-refractivity contribution < 1.29 is 17.9 Å². The van der Waals surface area contributed by atoms with E-state index in [-0.39, 0.29) is 11.4 Å². The number of thioether (sulfide) groups is 1. The molecule has 106 valence electrons. The zero-order valence-electron chi connectivity index (χ0n) is 10.1. The largest absolute Gasteiger partial charge is 0.573 e. The number of aromatic nitrogens is 3. The van der Waals surface area contributed by atoms with Crippen LogP contribution in [-0.2, 0) is 0 Å². The van der Waals surface area contributed by atoms with E-state index >= 15 is 0 Å². The number of H-pyrrole nitrogens is 1. The summed E-state index contributed by atoms with van der Waals surface area (Å²) >= 11 is 1.22. The number of nitrogens with zero attached hydrogens (tertiary/aromatic N) is 2. The summed E-state index contributed by atoms with van der Waals surface area (Å²) in [6.45, 7) is 0. The maximum atomic E-state index is 12.0. The van der Waals surface area contributed by atoms with E-state index in [1.807, 2.05) is 0 Å². The lowest BCUT2D eigenvalue weighted by Crippen LogP contribution is -2.17. The number of rotatable bonds is 3. The summed E-state index contributed by atoms with van der Waals surface area (Å²) < 4.78 is 39.8. The lowest BCUT2D eigenvalue weighted by Gasteiger charge is -2.08. The summed E-state index contributed by atoms with van der Waals surface area (Å²) in [5, 5.41) is 7.87. The molecule has 2 aromatic rings. The molecule has 1 aromatic heterocycles. The number of aromatic amines is 1. The summed E-state index contributed by atoms with van der Waals surface area (Å²) in [6, 6.07) is 4.82. The number of hydrogen-bond acceptors (Lipinski definition) is 5. The lowest BCUT2D eigenvalue weighted by molar-refractivity contribution is -0.274. The first kappa shape index (κ1) is 14.4. The van der Waals surface area contributed by atoms with Gasteiger partial charge in [-0.15, -0.1) is 23.4 Å². The Kier molecular flexibility index (Phi) is 3.98. The molecule has 0 saturated carbocycles. The number of alkyl halides is 3. The van der Waals surface area contributed by atoms with E-state index in [1.165, 1.54) is 23.9 Å². The van der Waals surface area contributed by atoms with E-state index in [0.29, 0.717) is 10.7 Å². The highest BCUT2D eigenvalue weighted by Gasteiger charge is 2.31. The van der Waals surface area contributed by atoms with Gasteiger partial charge in [0.2, 0.25) is 0 Å². The highest BCUT2D eigenvalue weighted by Crippen LogP contribution is 2.24. The molecule has 0 aliphatic rings. The molecule has 1 N–H and O–H groups in total. The first-order valence-corrected chi connectivity index (χ1v) is 6.49. The fraction of sp³-hybridized carbons (Fsp3) is 0.182. The molecule has 0 radical (unpaired) electrons. The predicted octanol–water partition coefficient (Wildman–Crippen LogP) is 2.45. The molecule has 2 rings (SSSR count). The molecule has 0 atom stereocenters. The van der Waals surface area contributed by atoms with Crippen LogP contribution < -0.4 is 10.3 Å². The van der Waals surface area contributed by atoms with E-state index in [1.54, 1.807) is 6.26 Å². The van der Waals surface area contributed by atoms with Crippen molar-refractivity contribution in [2.45, 2.75) is 11.5 Å². The van der Waals surface area contributed by atoms with Gasteiger partial charge in [0.15, 0.2) is 10.9 Å². The zero-order chi connectivity index (χ0) is 14.8. The highest BCUT2D eigenvalue weighted by atomic mass is 32.2. The van der Waals surface area contributed by atoms with Gasteiger partial charge in [0.25, 0.3) is 5.56 Å². The second kappa shape index (κ2) is 5.53. The fourth-order valence-corrected chi connectivity index (χ4v) is 1.73. The van der Waals surface area contributed by atoms with E-state index in [4.69, 9.17) is 0 Å². The van der Waals surface area contributed by atoms with Crippen LogP contribution in [0.1, 0.15) is 0 Å². The maximum absolute atomic E-state index is 12.0. The van der Waals surface area contributed by atoms with Crippen LogP contribution in [0.2, 0.25) is 0 Å². The Balaban J connectivity index is 2.28. The third-order valence-corrected chi connectivity index (χ3v) is 2.80. The van der Waals surface area contributed by atoms with E-state index < -0.39 is 11.9 Å². The zero-order valence-corrected chi connectivity index (χ0v) is 10.9. The van der Waals surface area contributed by atoms with Crippen molar-refractivity contribution >= 4 is 11.8 Å². The van der Waals surface area contributed by atoms with Crippen LogP contribution in [0, 0.1) is 0 Å². The van der Waals surface area contributed by atoms with Crippen LogP contribution in [0.5, 0.6) is 5.75 Å². The van der Waals surface area contributed by atoms with Crippen molar-refractivity contribution in [3.63, 3.8) is 0 Å². The lowest BCUT2D eigenvalue weighted by atomic mass is 10.1.